The first-order valence-electron chi connectivity index (χ1n) is 7.70. The van der Waals surface area contributed by atoms with Gasteiger partial charge in [-0.15, -0.1) is 24.0 Å². The van der Waals surface area contributed by atoms with E-state index in [-0.39, 0.29) is 29.5 Å². The molecule has 0 aliphatic heterocycles. The minimum Gasteiger partial charge on any atom is -0.496 e. The Labute approximate surface area is 162 Å². The molecule has 1 aromatic carbocycles. The van der Waals surface area contributed by atoms with Crippen molar-refractivity contribution >= 4 is 29.9 Å². The summed E-state index contributed by atoms with van der Waals surface area (Å²) in [6.07, 6.45) is 0. The molecule has 1 aromatic rings. The Morgan fingerprint density at radius 3 is 1.96 bits per heavy atom. The summed E-state index contributed by atoms with van der Waals surface area (Å²) in [5.74, 6) is 2.82. The number of guanidine groups is 1. The third kappa shape index (κ3) is 7.02. The van der Waals surface area contributed by atoms with E-state index >= 15 is 0 Å². The van der Waals surface area contributed by atoms with Crippen molar-refractivity contribution in [1.29, 1.82) is 0 Å². The van der Waals surface area contributed by atoms with Crippen LogP contribution in [0.5, 0.6) is 17.2 Å². The molecule has 0 aliphatic carbocycles. The first-order valence-corrected chi connectivity index (χ1v) is 7.70. The van der Waals surface area contributed by atoms with Gasteiger partial charge in [0.25, 0.3) is 0 Å². The molecule has 0 saturated heterocycles. The van der Waals surface area contributed by atoms with E-state index in [9.17, 15) is 0 Å². The third-order valence-corrected chi connectivity index (χ3v) is 3.05. The maximum absolute atomic E-state index is 5.45. The molecule has 7 heteroatoms. The van der Waals surface area contributed by atoms with Crippen molar-refractivity contribution in [3.63, 3.8) is 0 Å². The van der Waals surface area contributed by atoms with Crippen LogP contribution in [0.4, 0.5) is 0 Å². The lowest BCUT2D eigenvalue weighted by atomic mass is 10.1. The van der Waals surface area contributed by atoms with Gasteiger partial charge in [-0.2, -0.15) is 0 Å². The highest BCUT2D eigenvalue weighted by atomic mass is 127. The van der Waals surface area contributed by atoms with Crippen molar-refractivity contribution in [2.75, 3.05) is 27.9 Å². The average Bonchev–Trinajstić information content (AvgIpc) is 2.50. The van der Waals surface area contributed by atoms with E-state index in [2.05, 4.69) is 36.4 Å². The molecule has 0 saturated carbocycles. The van der Waals surface area contributed by atoms with Gasteiger partial charge in [-0.3, -0.25) is 0 Å². The minimum atomic E-state index is -0.0743. The molecular formula is C17H30IN3O3. The predicted octanol–water partition coefficient (Wildman–Crippen LogP) is 3.18. The monoisotopic (exact) mass is 451 g/mol. The van der Waals surface area contributed by atoms with Gasteiger partial charge >= 0.3 is 0 Å². The molecule has 1 rings (SSSR count). The Morgan fingerprint density at radius 1 is 1.04 bits per heavy atom. The highest BCUT2D eigenvalue weighted by Crippen LogP contribution is 2.34. The third-order valence-electron chi connectivity index (χ3n) is 3.05. The second-order valence-corrected chi connectivity index (χ2v) is 6.08. The van der Waals surface area contributed by atoms with Crippen LogP contribution in [0.3, 0.4) is 0 Å². The SMILES string of the molecule is CCNC(=NCc1c(OC)cc(OC)cc1OC)NC(C)(C)C.I. The van der Waals surface area contributed by atoms with Gasteiger partial charge in [0.15, 0.2) is 5.96 Å². The van der Waals surface area contributed by atoms with E-state index in [4.69, 9.17) is 14.2 Å². The Morgan fingerprint density at radius 2 is 1.58 bits per heavy atom. The first kappa shape index (κ1) is 22.6. The maximum atomic E-state index is 5.45. The number of hydrogen-bond donors (Lipinski definition) is 2. The number of aliphatic imine (C=N–C) groups is 1. The fraction of sp³-hybridized carbons (Fsp3) is 0.588. The summed E-state index contributed by atoms with van der Waals surface area (Å²) in [6, 6.07) is 3.66. The zero-order valence-electron chi connectivity index (χ0n) is 15.6. The molecule has 24 heavy (non-hydrogen) atoms. The molecule has 6 nitrogen and oxygen atoms in total. The lowest BCUT2D eigenvalue weighted by molar-refractivity contribution is 0.369. The largest absolute Gasteiger partial charge is 0.496 e. The molecule has 0 radical (unpaired) electrons. The second kappa shape index (κ2) is 10.5. The number of methoxy groups -OCH3 is 3. The van der Waals surface area contributed by atoms with Crippen LogP contribution in [0, 0.1) is 0 Å². The summed E-state index contributed by atoms with van der Waals surface area (Å²) >= 11 is 0. The Balaban J connectivity index is 0.00000529. The zero-order valence-corrected chi connectivity index (χ0v) is 18.0. The lowest BCUT2D eigenvalue weighted by Crippen LogP contribution is -2.47. The number of benzene rings is 1. The van der Waals surface area contributed by atoms with Crippen molar-refractivity contribution in [2.24, 2.45) is 4.99 Å². The molecule has 0 spiro atoms. The molecule has 0 aliphatic rings. The van der Waals surface area contributed by atoms with Crippen LogP contribution in [0.1, 0.15) is 33.3 Å². The van der Waals surface area contributed by atoms with Crippen molar-refractivity contribution < 1.29 is 14.2 Å². The number of hydrogen-bond acceptors (Lipinski definition) is 4. The van der Waals surface area contributed by atoms with Crippen LogP contribution >= 0.6 is 24.0 Å². The van der Waals surface area contributed by atoms with Crippen molar-refractivity contribution in [2.45, 2.75) is 39.8 Å². The van der Waals surface area contributed by atoms with Crippen LogP contribution in [0.2, 0.25) is 0 Å². The van der Waals surface area contributed by atoms with Crippen molar-refractivity contribution in [3.05, 3.63) is 17.7 Å². The lowest BCUT2D eigenvalue weighted by Gasteiger charge is -2.24. The fourth-order valence-corrected chi connectivity index (χ4v) is 2.05. The average molecular weight is 451 g/mol. The van der Waals surface area contributed by atoms with Crippen molar-refractivity contribution in [1.82, 2.24) is 10.6 Å². The molecular weight excluding hydrogens is 421 g/mol. The summed E-state index contributed by atoms with van der Waals surface area (Å²) < 4.78 is 16.2. The van der Waals surface area contributed by atoms with E-state index in [1.165, 1.54) is 0 Å². The van der Waals surface area contributed by atoms with E-state index in [0.717, 1.165) is 18.1 Å². The van der Waals surface area contributed by atoms with Crippen LogP contribution < -0.4 is 24.8 Å². The highest BCUT2D eigenvalue weighted by Gasteiger charge is 2.15. The molecule has 0 heterocycles. The van der Waals surface area contributed by atoms with Gasteiger partial charge in [0, 0.05) is 24.2 Å². The van der Waals surface area contributed by atoms with Crippen LogP contribution in [-0.2, 0) is 6.54 Å². The van der Waals surface area contributed by atoms with Gasteiger partial charge in [0.1, 0.15) is 17.2 Å². The quantitative estimate of drug-likeness (QED) is 0.395. The summed E-state index contributed by atoms with van der Waals surface area (Å²) in [5, 5.41) is 6.60. The van der Waals surface area contributed by atoms with Gasteiger partial charge < -0.3 is 24.8 Å². The molecule has 0 atom stereocenters. The standard InChI is InChI=1S/C17H29N3O3.HI/c1-8-18-16(20-17(2,3)4)19-11-13-14(22-6)9-12(21-5)10-15(13)23-7;/h9-10H,8,11H2,1-7H3,(H2,18,19,20);1H. The predicted molar refractivity (Wildman–Crippen MR) is 109 cm³/mol. The van der Waals surface area contributed by atoms with Crippen molar-refractivity contribution in [3.8, 4) is 17.2 Å². The number of nitrogens with zero attached hydrogens (tertiary/aromatic N) is 1. The molecule has 0 bridgehead atoms. The van der Waals surface area contributed by atoms with Gasteiger partial charge in [-0.1, -0.05) is 0 Å². The summed E-state index contributed by atoms with van der Waals surface area (Å²) in [5.41, 5.74) is 0.802. The van der Waals surface area contributed by atoms with Crippen LogP contribution in [0.25, 0.3) is 0 Å². The minimum absolute atomic E-state index is 0. The van der Waals surface area contributed by atoms with E-state index < -0.39 is 0 Å². The Kier molecular flexibility index (Phi) is 9.88. The molecule has 0 fully saturated rings. The molecule has 0 aromatic heterocycles. The maximum Gasteiger partial charge on any atom is 0.191 e. The smallest absolute Gasteiger partial charge is 0.191 e. The van der Waals surface area contributed by atoms with E-state index in [1.54, 1.807) is 21.3 Å². The fourth-order valence-electron chi connectivity index (χ4n) is 2.05. The number of nitrogens with one attached hydrogen (secondary N) is 2. The normalized spacial score (nSPS) is 11.4. The summed E-state index contributed by atoms with van der Waals surface area (Å²) in [7, 11) is 4.86. The molecule has 138 valence electrons. The Bertz CT molecular complexity index is 517. The number of rotatable bonds is 6. The summed E-state index contributed by atoms with van der Waals surface area (Å²) in [4.78, 5) is 4.64. The molecule has 0 amide bonds. The second-order valence-electron chi connectivity index (χ2n) is 6.08. The Hall–Kier alpha value is -1.38. The van der Waals surface area contributed by atoms with E-state index in [1.807, 2.05) is 19.1 Å². The van der Waals surface area contributed by atoms with Gasteiger partial charge in [0.2, 0.25) is 0 Å². The highest BCUT2D eigenvalue weighted by molar-refractivity contribution is 14.0. The van der Waals surface area contributed by atoms with Crippen LogP contribution in [-0.4, -0.2) is 39.4 Å². The van der Waals surface area contributed by atoms with E-state index in [0.29, 0.717) is 23.8 Å². The number of halogens is 1. The van der Waals surface area contributed by atoms with Crippen LogP contribution in [0.15, 0.2) is 17.1 Å². The van der Waals surface area contributed by atoms with Gasteiger partial charge in [-0.05, 0) is 27.7 Å². The molecule has 2 N–H and O–H groups in total. The first-order chi connectivity index (χ1) is 10.8. The van der Waals surface area contributed by atoms with Gasteiger partial charge in [-0.25, -0.2) is 4.99 Å². The number of ether oxygens (including phenoxy) is 3. The van der Waals surface area contributed by atoms with Gasteiger partial charge in [0.05, 0.1) is 33.4 Å². The summed E-state index contributed by atoms with van der Waals surface area (Å²) in [6.45, 7) is 9.53. The topological polar surface area (TPSA) is 64.1 Å². The molecule has 0 unspecified atom stereocenters. The zero-order chi connectivity index (χ0) is 17.5.